The summed E-state index contributed by atoms with van der Waals surface area (Å²) in [5, 5.41) is 3.97. The number of rotatable bonds is 5. The molecule has 21 heavy (non-hydrogen) atoms. The molecule has 0 unspecified atom stereocenters. The molecule has 0 bridgehead atoms. The Morgan fingerprint density at radius 1 is 1.33 bits per heavy atom. The van der Waals surface area contributed by atoms with E-state index < -0.39 is 0 Å². The predicted molar refractivity (Wildman–Crippen MR) is 94.3 cm³/mol. The van der Waals surface area contributed by atoms with Crippen molar-refractivity contribution in [3.63, 3.8) is 0 Å². The van der Waals surface area contributed by atoms with E-state index in [1.54, 1.807) is 6.07 Å². The lowest BCUT2D eigenvalue weighted by atomic mass is 10.3. The van der Waals surface area contributed by atoms with Crippen molar-refractivity contribution in [2.45, 2.75) is 12.8 Å². The van der Waals surface area contributed by atoms with Crippen molar-refractivity contribution in [3.8, 4) is 5.88 Å². The van der Waals surface area contributed by atoms with E-state index in [1.807, 2.05) is 24.3 Å². The molecule has 0 radical (unpaired) electrons. The second kappa shape index (κ2) is 6.27. The first-order chi connectivity index (χ1) is 10.1. The average Bonchev–Trinajstić information content (AvgIpc) is 3.26. The van der Waals surface area contributed by atoms with Crippen molar-refractivity contribution in [1.29, 1.82) is 0 Å². The van der Waals surface area contributed by atoms with Gasteiger partial charge in [-0.2, -0.15) is 4.98 Å². The fourth-order valence-electron chi connectivity index (χ4n) is 1.85. The minimum absolute atomic E-state index is 0.496. The van der Waals surface area contributed by atoms with Crippen LogP contribution in [0.5, 0.6) is 5.88 Å². The third-order valence-corrected chi connectivity index (χ3v) is 4.36. The minimum Gasteiger partial charge on any atom is -0.476 e. The number of ether oxygens (including phenoxy) is 1. The largest absolute Gasteiger partial charge is 0.476 e. The molecule has 1 fully saturated rings. The lowest BCUT2D eigenvalue weighted by molar-refractivity contribution is 0.290. The van der Waals surface area contributed by atoms with Crippen LogP contribution in [-0.2, 0) is 0 Å². The van der Waals surface area contributed by atoms with Gasteiger partial charge in [0.2, 0.25) is 5.88 Å². The Morgan fingerprint density at radius 2 is 2.14 bits per heavy atom. The summed E-state index contributed by atoms with van der Waals surface area (Å²) in [6.07, 6.45) is 2.47. The van der Waals surface area contributed by atoms with Gasteiger partial charge in [0.15, 0.2) is 0 Å². The summed E-state index contributed by atoms with van der Waals surface area (Å²) in [6, 6.07) is 9.30. The second-order valence-electron chi connectivity index (χ2n) is 5.09. The van der Waals surface area contributed by atoms with Gasteiger partial charge < -0.3 is 15.8 Å². The van der Waals surface area contributed by atoms with Crippen molar-refractivity contribution in [2.24, 2.45) is 5.92 Å². The molecule has 0 saturated heterocycles. The van der Waals surface area contributed by atoms with Crippen molar-refractivity contribution in [1.82, 2.24) is 4.98 Å². The molecule has 1 heterocycles. The van der Waals surface area contributed by atoms with Crippen LogP contribution < -0.4 is 15.8 Å². The topological polar surface area (TPSA) is 60.2 Å². The first-order valence-electron chi connectivity index (χ1n) is 6.73. The zero-order valence-corrected chi connectivity index (χ0v) is 14.2. The van der Waals surface area contributed by atoms with Gasteiger partial charge in [-0.25, -0.2) is 0 Å². The first-order valence-corrected chi connectivity index (χ1v) is 8.19. The average molecular weight is 416 g/mol. The monoisotopic (exact) mass is 415 g/mol. The summed E-state index contributed by atoms with van der Waals surface area (Å²) in [6.45, 7) is 0.694. The molecule has 1 aromatic heterocycles. The van der Waals surface area contributed by atoms with Gasteiger partial charge in [-0.3, -0.25) is 0 Å². The fourth-order valence-corrected chi connectivity index (χ4v) is 2.85. The third kappa shape index (κ3) is 3.91. The summed E-state index contributed by atoms with van der Waals surface area (Å²) >= 11 is 8.19. The SMILES string of the molecule is Nc1ccc(Nc2ccc(Cl)cc2I)nc1OCC1CC1. The number of pyridine rings is 1. The van der Waals surface area contributed by atoms with Crippen molar-refractivity contribution < 1.29 is 4.74 Å². The zero-order chi connectivity index (χ0) is 14.8. The number of hydrogen-bond donors (Lipinski definition) is 2. The standard InChI is InChI=1S/C15H15ClIN3O/c16-10-3-5-13(11(17)7-10)19-14-6-4-12(18)15(20-14)21-8-9-1-2-9/h3-7,9H,1-2,8,18H2,(H,19,20). The quantitative estimate of drug-likeness (QED) is 0.708. The van der Waals surface area contributed by atoms with E-state index in [4.69, 9.17) is 22.1 Å². The molecular weight excluding hydrogens is 401 g/mol. The molecule has 110 valence electrons. The number of nitrogens with one attached hydrogen (secondary N) is 1. The van der Waals surface area contributed by atoms with Crippen LogP contribution in [0.15, 0.2) is 30.3 Å². The van der Waals surface area contributed by atoms with E-state index in [1.165, 1.54) is 12.8 Å². The molecule has 0 atom stereocenters. The molecule has 1 saturated carbocycles. The van der Waals surface area contributed by atoms with E-state index in [0.717, 1.165) is 9.26 Å². The van der Waals surface area contributed by atoms with E-state index in [2.05, 4.69) is 32.9 Å². The van der Waals surface area contributed by atoms with Crippen LogP contribution in [0.1, 0.15) is 12.8 Å². The molecule has 1 aromatic carbocycles. The molecule has 3 rings (SSSR count). The van der Waals surface area contributed by atoms with E-state index in [0.29, 0.717) is 34.9 Å². The maximum absolute atomic E-state index is 5.96. The summed E-state index contributed by atoms with van der Waals surface area (Å²) < 4.78 is 6.72. The zero-order valence-electron chi connectivity index (χ0n) is 11.3. The summed E-state index contributed by atoms with van der Waals surface area (Å²) in [7, 11) is 0. The van der Waals surface area contributed by atoms with Crippen molar-refractivity contribution >= 4 is 51.4 Å². The normalized spacial score (nSPS) is 14.0. The highest BCUT2D eigenvalue weighted by atomic mass is 127. The van der Waals surface area contributed by atoms with Crippen LogP contribution in [0.2, 0.25) is 5.02 Å². The van der Waals surface area contributed by atoms with Crippen LogP contribution in [0.25, 0.3) is 0 Å². The van der Waals surface area contributed by atoms with Crippen LogP contribution in [0, 0.1) is 9.49 Å². The van der Waals surface area contributed by atoms with Gasteiger partial charge in [0.1, 0.15) is 5.82 Å². The third-order valence-electron chi connectivity index (χ3n) is 3.24. The number of hydrogen-bond acceptors (Lipinski definition) is 4. The number of nitrogen functional groups attached to an aromatic ring is 1. The number of anilines is 3. The lowest BCUT2D eigenvalue weighted by Crippen LogP contribution is -2.05. The van der Waals surface area contributed by atoms with Crippen LogP contribution in [-0.4, -0.2) is 11.6 Å². The molecular formula is C15H15ClIN3O. The van der Waals surface area contributed by atoms with E-state index in [-0.39, 0.29) is 0 Å². The van der Waals surface area contributed by atoms with Gasteiger partial charge in [-0.05, 0) is 71.7 Å². The molecule has 0 aliphatic heterocycles. The highest BCUT2D eigenvalue weighted by molar-refractivity contribution is 14.1. The number of benzene rings is 1. The predicted octanol–water partition coefficient (Wildman–Crippen LogP) is 4.45. The Kier molecular flexibility index (Phi) is 4.40. The Morgan fingerprint density at radius 3 is 2.86 bits per heavy atom. The van der Waals surface area contributed by atoms with Crippen molar-refractivity contribution in [2.75, 3.05) is 17.7 Å². The van der Waals surface area contributed by atoms with Gasteiger partial charge >= 0.3 is 0 Å². The molecule has 0 spiro atoms. The fraction of sp³-hybridized carbons (Fsp3) is 0.267. The Hall–Kier alpha value is -1.21. The molecule has 2 aromatic rings. The molecule has 0 amide bonds. The maximum Gasteiger partial charge on any atom is 0.239 e. The van der Waals surface area contributed by atoms with Gasteiger partial charge in [0, 0.05) is 8.59 Å². The van der Waals surface area contributed by atoms with Gasteiger partial charge in [-0.1, -0.05) is 11.6 Å². The Labute approximate surface area is 142 Å². The Balaban J connectivity index is 1.76. The number of halogens is 2. The minimum atomic E-state index is 0.496. The molecule has 4 nitrogen and oxygen atoms in total. The lowest BCUT2D eigenvalue weighted by Gasteiger charge is -2.12. The highest BCUT2D eigenvalue weighted by Crippen LogP contribution is 2.31. The maximum atomic E-state index is 5.96. The van der Waals surface area contributed by atoms with Gasteiger partial charge in [-0.15, -0.1) is 0 Å². The molecule has 1 aliphatic rings. The van der Waals surface area contributed by atoms with Gasteiger partial charge in [0.25, 0.3) is 0 Å². The summed E-state index contributed by atoms with van der Waals surface area (Å²) in [5.74, 6) is 1.87. The van der Waals surface area contributed by atoms with Gasteiger partial charge in [0.05, 0.1) is 18.0 Å². The van der Waals surface area contributed by atoms with Crippen LogP contribution in [0.3, 0.4) is 0 Å². The van der Waals surface area contributed by atoms with E-state index in [9.17, 15) is 0 Å². The number of nitrogens with two attached hydrogens (primary N) is 1. The van der Waals surface area contributed by atoms with Crippen molar-refractivity contribution in [3.05, 3.63) is 38.9 Å². The molecule has 1 aliphatic carbocycles. The number of nitrogens with zero attached hydrogens (tertiary/aromatic N) is 1. The molecule has 6 heteroatoms. The highest BCUT2D eigenvalue weighted by Gasteiger charge is 2.22. The smallest absolute Gasteiger partial charge is 0.239 e. The summed E-state index contributed by atoms with van der Waals surface area (Å²) in [5.41, 5.74) is 7.42. The second-order valence-corrected chi connectivity index (χ2v) is 6.69. The van der Waals surface area contributed by atoms with Crippen LogP contribution >= 0.6 is 34.2 Å². The summed E-state index contributed by atoms with van der Waals surface area (Å²) in [4.78, 5) is 4.44. The first kappa shape index (κ1) is 14.7. The Bertz CT molecular complexity index is 661. The van der Waals surface area contributed by atoms with Crippen LogP contribution in [0.4, 0.5) is 17.2 Å². The number of aromatic nitrogens is 1. The molecule has 3 N–H and O–H groups in total. The van der Waals surface area contributed by atoms with E-state index >= 15 is 0 Å².